The van der Waals surface area contributed by atoms with Crippen LogP contribution in [0.1, 0.15) is 11.1 Å². The molecule has 0 aliphatic rings. The van der Waals surface area contributed by atoms with Crippen molar-refractivity contribution >= 4 is 35.1 Å². The maximum absolute atomic E-state index is 11.5. The van der Waals surface area contributed by atoms with E-state index in [1.165, 1.54) is 0 Å². The van der Waals surface area contributed by atoms with Crippen LogP contribution in [0.4, 0.5) is 0 Å². The van der Waals surface area contributed by atoms with Crippen LogP contribution in [-0.2, 0) is 19.2 Å². The molecule has 0 saturated carbocycles. The van der Waals surface area contributed by atoms with Gasteiger partial charge in [-0.25, -0.2) is 10.9 Å². The summed E-state index contributed by atoms with van der Waals surface area (Å²) in [5, 5.41) is 7.87. The number of nitrogens with zero attached hydrogens (tertiary/aromatic N) is 2. The minimum atomic E-state index is -1.23. The molecule has 0 radical (unpaired) electrons. The second kappa shape index (κ2) is 9.38. The van der Waals surface area contributed by atoms with Gasteiger partial charge in [0.25, 0.3) is 0 Å². The molecule has 0 heterocycles. The fourth-order valence-electron chi connectivity index (χ4n) is 2.02. The summed E-state index contributed by atoms with van der Waals surface area (Å²) in [4.78, 5) is 45.0. The van der Waals surface area contributed by atoms with E-state index in [0.29, 0.717) is 11.1 Å². The molecule has 0 aromatic heterocycles. The van der Waals surface area contributed by atoms with Gasteiger partial charge < -0.3 is 11.5 Å². The van der Waals surface area contributed by atoms with Crippen molar-refractivity contribution in [1.82, 2.24) is 10.9 Å². The number of hydrogen-bond acceptors (Lipinski definition) is 6. The number of carbonyl (C=O) groups is 4. The van der Waals surface area contributed by atoms with Crippen LogP contribution in [0.2, 0.25) is 0 Å². The van der Waals surface area contributed by atoms with Crippen molar-refractivity contribution in [1.29, 1.82) is 0 Å². The molecule has 6 N–H and O–H groups in total. The Labute approximate surface area is 159 Å². The van der Waals surface area contributed by atoms with Crippen molar-refractivity contribution in [3.05, 3.63) is 71.8 Å². The zero-order chi connectivity index (χ0) is 20.5. The number of benzene rings is 2. The van der Waals surface area contributed by atoms with E-state index in [0.717, 1.165) is 0 Å². The first-order valence-electron chi connectivity index (χ1n) is 7.86. The number of hydrazone groups is 2. The van der Waals surface area contributed by atoms with Crippen LogP contribution in [0.5, 0.6) is 0 Å². The van der Waals surface area contributed by atoms with Crippen LogP contribution in [0.25, 0.3) is 0 Å². The SMILES string of the molecule is NC(=O)C(=O)N/N=C(\C(=N/NC(=O)C(N)=O)c1ccccc1)c1ccccc1. The summed E-state index contributed by atoms with van der Waals surface area (Å²) in [5.41, 5.74) is 15.1. The van der Waals surface area contributed by atoms with Crippen LogP contribution in [0.3, 0.4) is 0 Å². The molecule has 0 unspecified atom stereocenters. The Balaban J connectivity index is 2.57. The Morgan fingerprint density at radius 1 is 0.607 bits per heavy atom. The van der Waals surface area contributed by atoms with E-state index in [1.54, 1.807) is 60.7 Å². The number of hydrogen-bond donors (Lipinski definition) is 4. The van der Waals surface area contributed by atoms with E-state index in [9.17, 15) is 19.2 Å². The highest BCUT2D eigenvalue weighted by Crippen LogP contribution is 2.10. The van der Waals surface area contributed by atoms with Crippen molar-refractivity contribution in [3.63, 3.8) is 0 Å². The third kappa shape index (κ3) is 5.33. The maximum Gasteiger partial charge on any atom is 0.329 e. The van der Waals surface area contributed by atoms with E-state index in [4.69, 9.17) is 11.5 Å². The van der Waals surface area contributed by atoms with Gasteiger partial charge in [0.1, 0.15) is 11.4 Å². The topological polar surface area (TPSA) is 169 Å². The van der Waals surface area contributed by atoms with Crippen molar-refractivity contribution in [2.45, 2.75) is 0 Å². The van der Waals surface area contributed by atoms with Gasteiger partial charge in [-0.2, -0.15) is 10.2 Å². The molecule has 0 saturated heterocycles. The van der Waals surface area contributed by atoms with Crippen LogP contribution in [0.15, 0.2) is 70.9 Å². The second-order valence-electron chi connectivity index (χ2n) is 5.26. The van der Waals surface area contributed by atoms with E-state index in [-0.39, 0.29) is 11.4 Å². The van der Waals surface area contributed by atoms with Crippen molar-refractivity contribution in [2.24, 2.45) is 21.7 Å². The molecule has 142 valence electrons. The lowest BCUT2D eigenvalue weighted by molar-refractivity contribution is -0.137. The summed E-state index contributed by atoms with van der Waals surface area (Å²) < 4.78 is 0. The second-order valence-corrected chi connectivity index (χ2v) is 5.26. The largest absolute Gasteiger partial charge is 0.361 e. The van der Waals surface area contributed by atoms with E-state index in [2.05, 4.69) is 10.2 Å². The number of nitrogens with one attached hydrogen (secondary N) is 2. The van der Waals surface area contributed by atoms with E-state index >= 15 is 0 Å². The molecule has 2 aromatic carbocycles. The predicted molar refractivity (Wildman–Crippen MR) is 101 cm³/mol. The lowest BCUT2D eigenvalue weighted by Gasteiger charge is -2.11. The minimum Gasteiger partial charge on any atom is -0.361 e. The molecular weight excluding hydrogens is 364 g/mol. The smallest absolute Gasteiger partial charge is 0.329 e. The summed E-state index contributed by atoms with van der Waals surface area (Å²) in [6.07, 6.45) is 0. The van der Waals surface area contributed by atoms with Gasteiger partial charge in [-0.05, 0) is 0 Å². The van der Waals surface area contributed by atoms with Gasteiger partial charge in [0, 0.05) is 11.1 Å². The first-order chi connectivity index (χ1) is 13.4. The molecule has 0 bridgehead atoms. The zero-order valence-electron chi connectivity index (χ0n) is 14.5. The number of amides is 4. The van der Waals surface area contributed by atoms with Gasteiger partial charge in [0.05, 0.1) is 0 Å². The average molecular weight is 380 g/mol. The fraction of sp³-hybridized carbons (Fsp3) is 0. The molecule has 10 nitrogen and oxygen atoms in total. The monoisotopic (exact) mass is 380 g/mol. The van der Waals surface area contributed by atoms with Gasteiger partial charge in [-0.1, -0.05) is 60.7 Å². The molecule has 0 spiro atoms. The third-order valence-corrected chi connectivity index (χ3v) is 3.30. The number of primary amides is 2. The summed E-state index contributed by atoms with van der Waals surface area (Å²) in [7, 11) is 0. The molecule has 0 fully saturated rings. The average Bonchev–Trinajstić information content (AvgIpc) is 2.71. The molecule has 28 heavy (non-hydrogen) atoms. The standard InChI is InChI=1S/C18H16N6O4/c19-15(25)17(27)23-21-13(11-7-3-1-4-8-11)14(12-9-5-2-6-10-12)22-24-18(28)16(20)26/h1-10H,(H2,19,25)(H2,20,26)(H,23,27)(H,24,28)/b21-13-,22-14-. The maximum atomic E-state index is 11.5. The van der Waals surface area contributed by atoms with Crippen molar-refractivity contribution in [2.75, 3.05) is 0 Å². The van der Waals surface area contributed by atoms with Crippen LogP contribution in [0, 0.1) is 0 Å². The van der Waals surface area contributed by atoms with E-state index in [1.807, 2.05) is 10.9 Å². The normalized spacial score (nSPS) is 11.4. The highest BCUT2D eigenvalue weighted by Gasteiger charge is 2.18. The Morgan fingerprint density at radius 3 is 1.21 bits per heavy atom. The summed E-state index contributed by atoms with van der Waals surface area (Å²) in [5.74, 6) is -4.73. The lowest BCUT2D eigenvalue weighted by Crippen LogP contribution is -2.36. The number of rotatable bonds is 5. The van der Waals surface area contributed by atoms with Gasteiger partial charge in [0.15, 0.2) is 0 Å². The zero-order valence-corrected chi connectivity index (χ0v) is 14.5. The molecule has 0 aliphatic heterocycles. The molecule has 4 amide bonds. The van der Waals surface area contributed by atoms with Crippen LogP contribution < -0.4 is 22.3 Å². The molecule has 0 aliphatic carbocycles. The molecule has 2 rings (SSSR count). The predicted octanol–water partition coefficient (Wildman–Crippen LogP) is -1.00. The molecule has 0 atom stereocenters. The van der Waals surface area contributed by atoms with Crippen molar-refractivity contribution in [3.8, 4) is 0 Å². The van der Waals surface area contributed by atoms with Crippen LogP contribution >= 0.6 is 0 Å². The van der Waals surface area contributed by atoms with Gasteiger partial charge in [-0.15, -0.1) is 0 Å². The quantitative estimate of drug-likeness (QED) is 0.296. The number of carbonyl (C=O) groups excluding carboxylic acids is 4. The van der Waals surface area contributed by atoms with Gasteiger partial charge in [-0.3, -0.25) is 19.2 Å². The Bertz CT molecular complexity index is 875. The molecular formula is C18H16N6O4. The van der Waals surface area contributed by atoms with Crippen molar-refractivity contribution < 1.29 is 19.2 Å². The summed E-state index contributed by atoms with van der Waals surface area (Å²) in [6, 6.07) is 17.1. The Hall–Kier alpha value is -4.34. The minimum absolute atomic E-state index is 0.103. The fourth-order valence-corrected chi connectivity index (χ4v) is 2.02. The lowest BCUT2D eigenvalue weighted by atomic mass is 10.00. The Kier molecular flexibility index (Phi) is 6.69. The number of nitrogens with two attached hydrogens (primary N) is 2. The summed E-state index contributed by atoms with van der Waals surface area (Å²) >= 11 is 0. The highest BCUT2D eigenvalue weighted by atomic mass is 16.2. The van der Waals surface area contributed by atoms with Gasteiger partial charge >= 0.3 is 23.6 Å². The Morgan fingerprint density at radius 2 is 0.929 bits per heavy atom. The van der Waals surface area contributed by atoms with E-state index < -0.39 is 23.6 Å². The van der Waals surface area contributed by atoms with Gasteiger partial charge in [0.2, 0.25) is 0 Å². The summed E-state index contributed by atoms with van der Waals surface area (Å²) in [6.45, 7) is 0. The third-order valence-electron chi connectivity index (χ3n) is 3.30. The van der Waals surface area contributed by atoms with Crippen LogP contribution in [-0.4, -0.2) is 35.1 Å². The molecule has 10 heteroatoms. The first-order valence-corrected chi connectivity index (χ1v) is 7.86. The first kappa shape index (κ1) is 20.0. The highest BCUT2D eigenvalue weighted by molar-refractivity contribution is 6.54. The molecule has 2 aromatic rings.